The summed E-state index contributed by atoms with van der Waals surface area (Å²) in [6.45, 7) is 3.77. The quantitative estimate of drug-likeness (QED) is 0.673. The van der Waals surface area contributed by atoms with E-state index in [0.717, 1.165) is 0 Å². The monoisotopic (exact) mass is 424 g/mol. The predicted molar refractivity (Wildman–Crippen MR) is 102 cm³/mol. The molecule has 2 rings (SSSR count). The van der Waals surface area contributed by atoms with Crippen LogP contribution in [0.2, 0.25) is 0 Å². The van der Waals surface area contributed by atoms with Crippen molar-refractivity contribution >= 4 is 45.2 Å². The van der Waals surface area contributed by atoms with Crippen molar-refractivity contribution in [3.63, 3.8) is 0 Å². The maximum atomic E-state index is 13.9. The van der Waals surface area contributed by atoms with Crippen molar-refractivity contribution in [2.24, 2.45) is 0 Å². The number of carbonyl (C=O) groups excluding carboxylic acids is 2. The Hall–Kier alpha value is -1.86. The Morgan fingerprint density at radius 3 is 2.60 bits per heavy atom. The van der Waals surface area contributed by atoms with Crippen LogP contribution in [0.1, 0.15) is 24.2 Å². The average Bonchev–Trinajstić information content (AvgIpc) is 2.55. The number of thioether (sulfide) groups is 1. The Morgan fingerprint density at radius 2 is 1.92 bits per heavy atom. The van der Waals surface area contributed by atoms with Gasteiger partial charge in [0.15, 0.2) is 0 Å². The molecule has 2 aromatic rings. The highest BCUT2D eigenvalue weighted by atomic mass is 79.9. The van der Waals surface area contributed by atoms with Gasteiger partial charge in [-0.15, -0.1) is 11.8 Å². The van der Waals surface area contributed by atoms with Gasteiger partial charge in [-0.05, 0) is 44.2 Å². The molecule has 0 spiro atoms. The van der Waals surface area contributed by atoms with E-state index in [4.69, 9.17) is 0 Å². The van der Waals surface area contributed by atoms with Crippen molar-refractivity contribution in [1.82, 2.24) is 5.32 Å². The summed E-state index contributed by atoms with van der Waals surface area (Å²) in [6, 6.07) is 11.4. The fraction of sp³-hybridized carbons (Fsp3) is 0.222. The van der Waals surface area contributed by atoms with E-state index in [-0.39, 0.29) is 23.4 Å². The van der Waals surface area contributed by atoms with Crippen molar-refractivity contribution in [2.45, 2.75) is 24.8 Å². The Labute approximate surface area is 158 Å². The number of anilines is 1. The molecule has 0 fully saturated rings. The molecule has 0 saturated heterocycles. The Bertz CT molecular complexity index is 783. The Kier molecular flexibility index (Phi) is 7.01. The minimum Gasteiger partial charge on any atom is -0.353 e. The third kappa shape index (κ3) is 5.86. The third-order valence-electron chi connectivity index (χ3n) is 3.12. The molecule has 0 saturated carbocycles. The van der Waals surface area contributed by atoms with Crippen LogP contribution in [-0.4, -0.2) is 23.6 Å². The molecule has 2 aromatic carbocycles. The zero-order valence-corrected chi connectivity index (χ0v) is 16.2. The molecule has 4 nitrogen and oxygen atoms in total. The van der Waals surface area contributed by atoms with Crippen molar-refractivity contribution in [3.05, 3.63) is 58.3 Å². The molecule has 2 N–H and O–H groups in total. The van der Waals surface area contributed by atoms with Crippen LogP contribution in [0.25, 0.3) is 0 Å². The topological polar surface area (TPSA) is 58.2 Å². The zero-order valence-electron chi connectivity index (χ0n) is 13.8. The Morgan fingerprint density at radius 1 is 1.20 bits per heavy atom. The van der Waals surface area contributed by atoms with Gasteiger partial charge >= 0.3 is 0 Å². The number of hydrogen-bond acceptors (Lipinski definition) is 3. The predicted octanol–water partition coefficient (Wildman–Crippen LogP) is 4.46. The molecule has 0 aliphatic heterocycles. The molecule has 0 aliphatic rings. The molecule has 2 amide bonds. The smallest absolute Gasteiger partial charge is 0.256 e. The van der Waals surface area contributed by atoms with Gasteiger partial charge < -0.3 is 10.6 Å². The van der Waals surface area contributed by atoms with Crippen LogP contribution in [0.3, 0.4) is 0 Å². The Balaban J connectivity index is 2.10. The number of carbonyl (C=O) groups is 2. The van der Waals surface area contributed by atoms with Crippen LogP contribution in [0.4, 0.5) is 10.1 Å². The van der Waals surface area contributed by atoms with E-state index in [9.17, 15) is 14.0 Å². The molecule has 0 bridgehead atoms. The van der Waals surface area contributed by atoms with Crippen molar-refractivity contribution < 1.29 is 14.0 Å². The summed E-state index contributed by atoms with van der Waals surface area (Å²) in [5.41, 5.74) is 0.498. The van der Waals surface area contributed by atoms with Crippen molar-refractivity contribution in [2.75, 3.05) is 11.1 Å². The fourth-order valence-corrected chi connectivity index (χ4v) is 3.26. The lowest BCUT2D eigenvalue weighted by molar-refractivity contribution is -0.119. The second-order valence-electron chi connectivity index (χ2n) is 5.59. The van der Waals surface area contributed by atoms with Crippen LogP contribution < -0.4 is 10.6 Å². The first-order valence-corrected chi connectivity index (χ1v) is 9.42. The molecule has 0 aliphatic carbocycles. The second-order valence-corrected chi connectivity index (χ2v) is 7.52. The van der Waals surface area contributed by atoms with Crippen LogP contribution >= 0.6 is 27.7 Å². The number of hydrogen-bond donors (Lipinski definition) is 2. The van der Waals surface area contributed by atoms with E-state index < -0.39 is 11.7 Å². The molecule has 0 atom stereocenters. The van der Waals surface area contributed by atoms with E-state index in [1.165, 1.54) is 23.9 Å². The summed E-state index contributed by atoms with van der Waals surface area (Å²) in [7, 11) is 0. The molecule has 0 radical (unpaired) electrons. The normalized spacial score (nSPS) is 10.6. The summed E-state index contributed by atoms with van der Waals surface area (Å²) < 4.78 is 14.5. The number of nitrogens with one attached hydrogen (secondary N) is 2. The van der Waals surface area contributed by atoms with Crippen molar-refractivity contribution in [1.29, 1.82) is 0 Å². The van der Waals surface area contributed by atoms with Gasteiger partial charge in [-0.2, -0.15) is 0 Å². The van der Waals surface area contributed by atoms with Gasteiger partial charge in [-0.25, -0.2) is 4.39 Å². The SMILES string of the molecule is CC(C)NC(=O)CSc1ccccc1C(=O)Nc1ccc(Br)cc1F. The summed E-state index contributed by atoms with van der Waals surface area (Å²) in [4.78, 5) is 24.9. The molecule has 132 valence electrons. The maximum absolute atomic E-state index is 13.9. The lowest BCUT2D eigenvalue weighted by Crippen LogP contribution is -2.31. The van der Waals surface area contributed by atoms with E-state index in [1.807, 2.05) is 13.8 Å². The lowest BCUT2D eigenvalue weighted by Gasteiger charge is -2.11. The summed E-state index contributed by atoms with van der Waals surface area (Å²) in [5.74, 6) is -0.846. The largest absolute Gasteiger partial charge is 0.353 e. The van der Waals surface area contributed by atoms with Gasteiger partial charge in [-0.3, -0.25) is 9.59 Å². The van der Waals surface area contributed by atoms with E-state index in [1.54, 1.807) is 30.3 Å². The van der Waals surface area contributed by atoms with Crippen molar-refractivity contribution in [3.8, 4) is 0 Å². The van der Waals surface area contributed by atoms with Crippen LogP contribution in [0, 0.1) is 5.82 Å². The highest BCUT2D eigenvalue weighted by Gasteiger charge is 2.15. The first kappa shape index (κ1) is 19.5. The number of benzene rings is 2. The van der Waals surface area contributed by atoms with E-state index in [2.05, 4.69) is 26.6 Å². The maximum Gasteiger partial charge on any atom is 0.256 e. The van der Waals surface area contributed by atoms with Gasteiger partial charge in [0.1, 0.15) is 5.82 Å². The summed E-state index contributed by atoms with van der Waals surface area (Å²) in [5, 5.41) is 5.37. The highest BCUT2D eigenvalue weighted by Crippen LogP contribution is 2.25. The first-order valence-electron chi connectivity index (χ1n) is 7.64. The minimum atomic E-state index is -0.524. The molecular formula is C18H18BrFN2O2S. The highest BCUT2D eigenvalue weighted by molar-refractivity contribution is 9.10. The second kappa shape index (κ2) is 9.01. The van der Waals surface area contributed by atoms with Crippen LogP contribution in [0.5, 0.6) is 0 Å². The first-order chi connectivity index (χ1) is 11.9. The summed E-state index contributed by atoms with van der Waals surface area (Å²) >= 11 is 4.44. The van der Waals surface area contributed by atoms with Crippen LogP contribution in [0.15, 0.2) is 51.8 Å². The number of rotatable bonds is 6. The van der Waals surface area contributed by atoms with Gasteiger partial charge in [0.2, 0.25) is 5.91 Å². The molecule has 0 heterocycles. The molecular weight excluding hydrogens is 407 g/mol. The van der Waals surface area contributed by atoms with Gasteiger partial charge in [0.05, 0.1) is 17.0 Å². The third-order valence-corrected chi connectivity index (χ3v) is 4.69. The van der Waals surface area contributed by atoms with E-state index >= 15 is 0 Å². The molecule has 7 heteroatoms. The molecule has 0 aromatic heterocycles. The number of halogens is 2. The standard InChI is InChI=1S/C18H18BrFN2O2S/c1-11(2)21-17(23)10-25-16-6-4-3-5-13(16)18(24)22-15-8-7-12(19)9-14(15)20/h3-9,11H,10H2,1-2H3,(H,21,23)(H,22,24). The van der Waals surface area contributed by atoms with Gasteiger partial charge in [-0.1, -0.05) is 28.1 Å². The average molecular weight is 425 g/mol. The minimum absolute atomic E-state index is 0.0621. The number of amides is 2. The molecule has 25 heavy (non-hydrogen) atoms. The lowest BCUT2D eigenvalue weighted by atomic mass is 10.2. The summed E-state index contributed by atoms with van der Waals surface area (Å²) in [6.07, 6.45) is 0. The fourth-order valence-electron chi connectivity index (χ4n) is 2.07. The molecule has 0 unspecified atom stereocenters. The van der Waals surface area contributed by atoms with E-state index in [0.29, 0.717) is 14.9 Å². The van der Waals surface area contributed by atoms with Gasteiger partial charge in [0.25, 0.3) is 5.91 Å². The zero-order chi connectivity index (χ0) is 18.4. The van der Waals surface area contributed by atoms with Crippen LogP contribution in [-0.2, 0) is 4.79 Å². The van der Waals surface area contributed by atoms with Gasteiger partial charge in [0, 0.05) is 15.4 Å².